The molecular weight excluding hydrogens is 982 g/mol. The van der Waals surface area contributed by atoms with Crippen LogP contribution < -0.4 is 20.9 Å². The summed E-state index contributed by atoms with van der Waals surface area (Å²) in [5.41, 5.74) is 1.62. The Balaban J connectivity index is 0.703. The van der Waals surface area contributed by atoms with Crippen molar-refractivity contribution >= 4 is 50.4 Å². The number of fused-ring (bicyclic) bond motifs is 1. The first-order chi connectivity index (χ1) is 35.9. The highest BCUT2D eigenvalue weighted by Gasteiger charge is 2.31. The number of carbonyl (C=O) groups is 5. The Morgan fingerprint density at radius 1 is 0.760 bits per heavy atom. The van der Waals surface area contributed by atoms with Gasteiger partial charge in [-0.25, -0.2) is 17.9 Å². The van der Waals surface area contributed by atoms with E-state index in [9.17, 15) is 41.6 Å². The molecule has 0 unspecified atom stereocenters. The average Bonchev–Trinajstić information content (AvgIpc) is 3.41. The second-order valence-corrected chi connectivity index (χ2v) is 22.0. The lowest BCUT2D eigenvalue weighted by Gasteiger charge is -2.35. The molecule has 7 rings (SSSR count). The summed E-state index contributed by atoms with van der Waals surface area (Å²) in [6, 6.07) is 25.0. The number of hydrogen-bond acceptors (Lipinski definition) is 11. The lowest BCUT2D eigenvalue weighted by atomic mass is 9.90. The van der Waals surface area contributed by atoms with Crippen LogP contribution in [-0.2, 0) is 35.6 Å². The van der Waals surface area contributed by atoms with Gasteiger partial charge < -0.3 is 29.9 Å². The Morgan fingerprint density at radius 3 is 2.08 bits per heavy atom. The maximum absolute atomic E-state index is 15.0. The zero-order valence-electron chi connectivity index (χ0n) is 43.0. The summed E-state index contributed by atoms with van der Waals surface area (Å²) in [5.74, 6) is -1.25. The molecular formula is C56H68FN7O10S. The monoisotopic (exact) mass is 1050 g/mol. The third-order valence-corrected chi connectivity index (χ3v) is 15.4. The number of amides is 4. The molecule has 2 aliphatic rings. The summed E-state index contributed by atoms with van der Waals surface area (Å²) < 4.78 is 54.4. The highest BCUT2D eigenvalue weighted by atomic mass is 32.2. The van der Waals surface area contributed by atoms with Gasteiger partial charge in [0.2, 0.25) is 21.8 Å². The summed E-state index contributed by atoms with van der Waals surface area (Å²) >= 11 is 0. The van der Waals surface area contributed by atoms with Crippen molar-refractivity contribution < 1.29 is 46.3 Å². The molecule has 2 fully saturated rings. The van der Waals surface area contributed by atoms with Crippen LogP contribution in [-0.4, -0.2) is 127 Å². The van der Waals surface area contributed by atoms with Gasteiger partial charge in [0.25, 0.3) is 17.4 Å². The lowest BCUT2D eigenvalue weighted by Crippen LogP contribution is -2.50. The highest BCUT2D eigenvalue weighted by Crippen LogP contribution is 2.32. The van der Waals surface area contributed by atoms with Gasteiger partial charge in [0.15, 0.2) is 0 Å². The van der Waals surface area contributed by atoms with Gasteiger partial charge in [-0.1, -0.05) is 62.1 Å². The molecule has 19 heteroatoms. The number of hydrogen-bond donors (Lipinski definition) is 3. The molecule has 4 aromatic carbocycles. The minimum absolute atomic E-state index is 0.0288. The number of halogens is 1. The molecule has 2 aliphatic heterocycles. The number of piperazine rings is 1. The van der Waals surface area contributed by atoms with Crippen molar-refractivity contribution in [2.24, 2.45) is 0 Å². The van der Waals surface area contributed by atoms with Crippen molar-refractivity contribution in [3.05, 3.63) is 135 Å². The van der Waals surface area contributed by atoms with Crippen LogP contribution in [0.3, 0.4) is 0 Å². The zero-order chi connectivity index (χ0) is 53.5. The number of ether oxygens (including phenoxy) is 2. The third kappa shape index (κ3) is 15.8. The number of unbranched alkanes of at least 4 members (excludes halogenated alkanes) is 5. The number of nitrogens with one attached hydrogen (secondary N) is 3. The smallest absolute Gasteiger partial charge is 0.325 e. The Kier molecular flexibility index (Phi) is 19.3. The molecule has 0 bridgehead atoms. The van der Waals surface area contributed by atoms with E-state index in [2.05, 4.69) is 20.8 Å². The Morgan fingerprint density at radius 2 is 1.40 bits per heavy atom. The fourth-order valence-corrected chi connectivity index (χ4v) is 10.8. The molecule has 0 spiro atoms. The number of H-pyrrole nitrogens is 1. The van der Waals surface area contributed by atoms with Crippen molar-refractivity contribution in [1.29, 1.82) is 0 Å². The molecule has 0 aliphatic carbocycles. The lowest BCUT2D eigenvalue weighted by molar-refractivity contribution is -0.153. The largest absolute Gasteiger partial charge is 0.492 e. The predicted molar refractivity (Wildman–Crippen MR) is 281 cm³/mol. The number of rotatable bonds is 22. The van der Waals surface area contributed by atoms with Crippen LogP contribution in [0.5, 0.6) is 5.75 Å². The second-order valence-electron chi connectivity index (χ2n) is 20.1. The maximum atomic E-state index is 15.0. The minimum atomic E-state index is -3.77. The molecule has 400 valence electrons. The molecule has 0 saturated carbocycles. The van der Waals surface area contributed by atoms with Crippen LogP contribution in [0.2, 0.25) is 0 Å². The molecule has 5 aromatic rings. The number of aromatic amines is 1. The van der Waals surface area contributed by atoms with Crippen molar-refractivity contribution in [2.45, 2.75) is 108 Å². The number of carbonyl (C=O) groups excluding carboxylic acids is 5. The summed E-state index contributed by atoms with van der Waals surface area (Å²) in [5, 5.41) is 13.3. The van der Waals surface area contributed by atoms with Crippen LogP contribution >= 0.6 is 0 Å². The number of piperidine rings is 1. The van der Waals surface area contributed by atoms with Crippen molar-refractivity contribution in [2.75, 3.05) is 59.0 Å². The zero-order valence-corrected chi connectivity index (χ0v) is 43.9. The summed E-state index contributed by atoms with van der Waals surface area (Å²) in [7, 11) is -3.77. The van der Waals surface area contributed by atoms with Gasteiger partial charge in [0.1, 0.15) is 30.3 Å². The first kappa shape index (κ1) is 55.8. The van der Waals surface area contributed by atoms with Gasteiger partial charge in [0, 0.05) is 69.5 Å². The average molecular weight is 1050 g/mol. The van der Waals surface area contributed by atoms with Gasteiger partial charge in [-0.3, -0.25) is 28.8 Å². The summed E-state index contributed by atoms with van der Waals surface area (Å²) in [6.07, 6.45) is 7.72. The van der Waals surface area contributed by atoms with E-state index in [1.54, 1.807) is 48.8 Å². The Bertz CT molecular complexity index is 2960. The molecule has 4 amide bonds. The van der Waals surface area contributed by atoms with Gasteiger partial charge in [-0.2, -0.15) is 9.40 Å². The number of benzene rings is 4. The van der Waals surface area contributed by atoms with E-state index in [0.29, 0.717) is 112 Å². The van der Waals surface area contributed by atoms with E-state index in [1.807, 2.05) is 36.4 Å². The van der Waals surface area contributed by atoms with Crippen LogP contribution in [0.15, 0.2) is 101 Å². The van der Waals surface area contributed by atoms with Gasteiger partial charge in [-0.05, 0) is 118 Å². The minimum Gasteiger partial charge on any atom is -0.492 e. The topological polar surface area (TPSA) is 217 Å². The fourth-order valence-electron chi connectivity index (χ4n) is 9.38. The summed E-state index contributed by atoms with van der Waals surface area (Å²) in [4.78, 5) is 79.0. The molecule has 2 saturated heterocycles. The fraction of sp³-hybridized carbons (Fsp3) is 0.446. The quantitative estimate of drug-likeness (QED) is 0.0479. The van der Waals surface area contributed by atoms with Gasteiger partial charge >= 0.3 is 5.97 Å². The van der Waals surface area contributed by atoms with Crippen molar-refractivity contribution in [1.82, 2.24) is 34.9 Å². The first-order valence-electron chi connectivity index (χ1n) is 25.9. The number of esters is 1. The molecule has 17 nitrogen and oxygen atoms in total. The Labute approximate surface area is 437 Å². The summed E-state index contributed by atoms with van der Waals surface area (Å²) in [6.45, 7) is 7.68. The van der Waals surface area contributed by atoms with Crippen molar-refractivity contribution in [3.63, 3.8) is 0 Å². The van der Waals surface area contributed by atoms with Crippen LogP contribution in [0.4, 0.5) is 4.39 Å². The molecule has 0 radical (unpaired) electrons. The van der Waals surface area contributed by atoms with Gasteiger partial charge in [0.05, 0.1) is 28.1 Å². The molecule has 3 heterocycles. The van der Waals surface area contributed by atoms with E-state index >= 15 is 0 Å². The third-order valence-electron chi connectivity index (χ3n) is 13.4. The SMILES string of the molecule is CC(C)(C)OC(=O)CNC(=O)c1ccc(S(=O)(=O)N2CCC(c3ccc(OCCNC(=O)CCCCCCCCC(=O)N4CCN(C(=O)c5cc(Cc6n[nH]c(=O)c7ccccc67)ccc5F)CC4)cc3)CC2)cc1. The van der Waals surface area contributed by atoms with Crippen LogP contribution in [0, 0.1) is 5.82 Å². The van der Waals surface area contributed by atoms with E-state index in [-0.39, 0.29) is 45.9 Å². The van der Waals surface area contributed by atoms with Gasteiger partial charge in [-0.15, -0.1) is 0 Å². The van der Waals surface area contributed by atoms with Crippen LogP contribution in [0.1, 0.15) is 128 Å². The molecule has 0 atom stereocenters. The number of sulfonamides is 1. The first-order valence-corrected chi connectivity index (χ1v) is 27.3. The predicted octanol–water partition coefficient (Wildman–Crippen LogP) is 6.89. The number of nitrogens with zero attached hydrogens (tertiary/aromatic N) is 4. The molecule has 3 N–H and O–H groups in total. The standard InChI is InChI=1S/C56H68FN7O10S/c1-56(2,3)74-52(67)38-59-53(68)42-19-23-44(24-20-42)75(71,72)64-29-26-41(27-30-64)40-17-21-43(22-18-40)73-35-28-58-50(65)14-8-6-4-5-7-9-15-51(66)62-31-33-63(34-32-62)55(70)47-36-39(16-25-48(47)57)37-49-45-12-10-11-13-46(45)54(69)61-60-49/h10-13,16-25,36,41H,4-9,14-15,26-35,37-38H2,1-3H3,(H,58,65)(H,59,68)(H,61,69). The van der Waals surface area contributed by atoms with Crippen LogP contribution in [0.25, 0.3) is 10.8 Å². The van der Waals surface area contributed by atoms with Crippen molar-refractivity contribution in [3.8, 4) is 5.75 Å². The van der Waals surface area contributed by atoms with E-state index in [0.717, 1.165) is 44.1 Å². The molecule has 75 heavy (non-hydrogen) atoms. The maximum Gasteiger partial charge on any atom is 0.325 e. The number of aromatic nitrogens is 2. The van der Waals surface area contributed by atoms with E-state index < -0.39 is 39.2 Å². The molecule has 1 aromatic heterocycles. The van der Waals surface area contributed by atoms with E-state index in [4.69, 9.17) is 9.47 Å². The highest BCUT2D eigenvalue weighted by molar-refractivity contribution is 7.89. The normalized spacial score (nSPS) is 14.6. The van der Waals surface area contributed by atoms with E-state index in [1.165, 1.54) is 40.7 Å². The second kappa shape index (κ2) is 26.0. The Hall–Kier alpha value is -6.99.